The Bertz CT molecular complexity index is 272. The molecule has 1 N–H and O–H groups in total. The van der Waals surface area contributed by atoms with Gasteiger partial charge in [0.25, 0.3) is 0 Å². The van der Waals surface area contributed by atoms with Crippen molar-refractivity contribution in [2.45, 2.75) is 26.2 Å². The zero-order valence-corrected chi connectivity index (χ0v) is 8.32. The molecule has 1 aromatic carbocycles. The van der Waals surface area contributed by atoms with Crippen molar-refractivity contribution in [3.63, 3.8) is 0 Å². The summed E-state index contributed by atoms with van der Waals surface area (Å²) in [4.78, 5) is 15.9. The van der Waals surface area contributed by atoms with E-state index >= 15 is 0 Å². The van der Waals surface area contributed by atoms with Gasteiger partial charge in [-0.05, 0) is 18.6 Å². The zero-order chi connectivity index (χ0) is 10.2. The topological polar surface area (TPSA) is 38.3 Å². The summed E-state index contributed by atoms with van der Waals surface area (Å²) in [6.45, 7) is 2.04. The number of hydrogen-bond acceptors (Lipinski definition) is 3. The van der Waals surface area contributed by atoms with E-state index in [9.17, 15) is 4.79 Å². The van der Waals surface area contributed by atoms with Gasteiger partial charge < -0.3 is 4.84 Å². The molecular formula is C11H15NO2. The average molecular weight is 193 g/mol. The molecule has 76 valence electrons. The minimum atomic E-state index is -0.212. The van der Waals surface area contributed by atoms with Crippen molar-refractivity contribution in [2.75, 3.05) is 5.48 Å². The van der Waals surface area contributed by atoms with Gasteiger partial charge in [-0.2, -0.15) is 0 Å². The first-order chi connectivity index (χ1) is 6.83. The van der Waals surface area contributed by atoms with E-state index in [2.05, 4.69) is 5.48 Å². The third-order valence-electron chi connectivity index (χ3n) is 1.79. The summed E-state index contributed by atoms with van der Waals surface area (Å²) >= 11 is 0. The van der Waals surface area contributed by atoms with Gasteiger partial charge in [0.2, 0.25) is 0 Å². The molecule has 0 spiro atoms. The summed E-state index contributed by atoms with van der Waals surface area (Å²) in [6, 6.07) is 9.34. The minimum absolute atomic E-state index is 0.212. The summed E-state index contributed by atoms with van der Waals surface area (Å²) in [6.07, 6.45) is 2.34. The van der Waals surface area contributed by atoms with Crippen molar-refractivity contribution in [3.8, 4) is 0 Å². The quantitative estimate of drug-likeness (QED) is 0.731. The van der Waals surface area contributed by atoms with Gasteiger partial charge in [0.15, 0.2) is 0 Å². The van der Waals surface area contributed by atoms with Crippen LogP contribution in [0.1, 0.15) is 26.2 Å². The normalized spacial score (nSPS) is 9.50. The van der Waals surface area contributed by atoms with Crippen LogP contribution in [0.25, 0.3) is 0 Å². The Morgan fingerprint density at radius 2 is 2.07 bits per heavy atom. The number of benzene rings is 1. The number of carbonyl (C=O) groups is 1. The molecule has 0 radical (unpaired) electrons. The van der Waals surface area contributed by atoms with Crippen LogP contribution in [-0.4, -0.2) is 5.97 Å². The molecule has 0 saturated carbocycles. The van der Waals surface area contributed by atoms with E-state index in [-0.39, 0.29) is 5.97 Å². The molecule has 0 aromatic heterocycles. The highest BCUT2D eigenvalue weighted by atomic mass is 16.7. The SMILES string of the molecule is CCCCC(=O)ONc1ccccc1. The Labute approximate surface area is 84.0 Å². The molecular weight excluding hydrogens is 178 g/mol. The summed E-state index contributed by atoms with van der Waals surface area (Å²) in [7, 11) is 0. The van der Waals surface area contributed by atoms with Gasteiger partial charge in [0, 0.05) is 6.42 Å². The molecule has 1 aromatic rings. The number of carbonyl (C=O) groups excluding carboxylic acids is 1. The summed E-state index contributed by atoms with van der Waals surface area (Å²) in [5, 5.41) is 0. The fraction of sp³-hybridized carbons (Fsp3) is 0.364. The van der Waals surface area contributed by atoms with Crippen LogP contribution in [0.4, 0.5) is 5.69 Å². The number of unbranched alkanes of at least 4 members (excludes halogenated alkanes) is 1. The van der Waals surface area contributed by atoms with E-state index in [1.54, 1.807) is 0 Å². The van der Waals surface area contributed by atoms with Crippen LogP contribution in [0.2, 0.25) is 0 Å². The molecule has 0 fully saturated rings. The lowest BCUT2D eigenvalue weighted by molar-refractivity contribution is -0.140. The first-order valence-corrected chi connectivity index (χ1v) is 4.83. The Balaban J connectivity index is 2.24. The second-order valence-electron chi connectivity index (χ2n) is 3.05. The monoisotopic (exact) mass is 193 g/mol. The molecule has 0 aliphatic carbocycles. The fourth-order valence-corrected chi connectivity index (χ4v) is 0.994. The van der Waals surface area contributed by atoms with E-state index in [0.29, 0.717) is 6.42 Å². The highest BCUT2D eigenvalue weighted by Gasteiger charge is 2.01. The van der Waals surface area contributed by atoms with Gasteiger partial charge >= 0.3 is 5.97 Å². The standard InChI is InChI=1S/C11H15NO2/c1-2-3-9-11(13)14-12-10-7-5-4-6-8-10/h4-8,12H,2-3,9H2,1H3. The Morgan fingerprint density at radius 1 is 1.36 bits per heavy atom. The number of para-hydroxylation sites is 1. The maximum absolute atomic E-state index is 11.1. The molecule has 3 nitrogen and oxygen atoms in total. The zero-order valence-electron chi connectivity index (χ0n) is 8.32. The smallest absolute Gasteiger partial charge is 0.332 e. The molecule has 0 bridgehead atoms. The van der Waals surface area contributed by atoms with Gasteiger partial charge in [-0.25, -0.2) is 10.3 Å². The molecule has 3 heteroatoms. The van der Waals surface area contributed by atoms with Gasteiger partial charge in [-0.3, -0.25) is 0 Å². The second kappa shape index (κ2) is 6.02. The van der Waals surface area contributed by atoms with Crippen molar-refractivity contribution < 1.29 is 9.63 Å². The molecule has 0 unspecified atom stereocenters. The predicted octanol–water partition coefficient (Wildman–Crippen LogP) is 2.75. The second-order valence-corrected chi connectivity index (χ2v) is 3.05. The Morgan fingerprint density at radius 3 is 2.71 bits per heavy atom. The molecule has 0 amide bonds. The van der Waals surface area contributed by atoms with Crippen LogP contribution in [0.5, 0.6) is 0 Å². The van der Waals surface area contributed by atoms with Crippen LogP contribution in [0, 0.1) is 0 Å². The molecule has 0 saturated heterocycles. The molecule has 0 heterocycles. The Hall–Kier alpha value is -1.51. The van der Waals surface area contributed by atoms with Crippen molar-refractivity contribution >= 4 is 11.7 Å². The van der Waals surface area contributed by atoms with Gasteiger partial charge in [-0.15, -0.1) is 0 Å². The van der Waals surface area contributed by atoms with Crippen molar-refractivity contribution in [1.29, 1.82) is 0 Å². The molecule has 0 atom stereocenters. The van der Waals surface area contributed by atoms with E-state index < -0.39 is 0 Å². The third-order valence-corrected chi connectivity index (χ3v) is 1.79. The largest absolute Gasteiger partial charge is 0.343 e. The highest BCUT2D eigenvalue weighted by Crippen LogP contribution is 2.05. The summed E-state index contributed by atoms with van der Waals surface area (Å²) in [5.41, 5.74) is 3.39. The van der Waals surface area contributed by atoms with Crippen molar-refractivity contribution in [2.24, 2.45) is 0 Å². The average Bonchev–Trinajstić information content (AvgIpc) is 2.25. The summed E-state index contributed by atoms with van der Waals surface area (Å²) < 4.78 is 0. The summed E-state index contributed by atoms with van der Waals surface area (Å²) in [5.74, 6) is -0.212. The first kappa shape index (κ1) is 10.6. The fourth-order valence-electron chi connectivity index (χ4n) is 0.994. The van der Waals surface area contributed by atoms with Crippen LogP contribution in [0.15, 0.2) is 30.3 Å². The predicted molar refractivity (Wildman–Crippen MR) is 55.7 cm³/mol. The van der Waals surface area contributed by atoms with E-state index in [1.807, 2.05) is 37.3 Å². The van der Waals surface area contributed by atoms with Gasteiger partial charge in [0.05, 0.1) is 5.69 Å². The van der Waals surface area contributed by atoms with E-state index in [0.717, 1.165) is 18.5 Å². The molecule has 14 heavy (non-hydrogen) atoms. The Kier molecular flexibility index (Phi) is 4.55. The number of nitrogens with one attached hydrogen (secondary N) is 1. The number of anilines is 1. The van der Waals surface area contributed by atoms with E-state index in [4.69, 9.17) is 4.84 Å². The maximum Gasteiger partial charge on any atom is 0.332 e. The molecule has 1 rings (SSSR count). The number of rotatable bonds is 5. The van der Waals surface area contributed by atoms with Gasteiger partial charge in [-0.1, -0.05) is 31.5 Å². The lowest BCUT2D eigenvalue weighted by atomic mass is 10.3. The van der Waals surface area contributed by atoms with Crippen LogP contribution in [0.3, 0.4) is 0 Å². The minimum Gasteiger partial charge on any atom is -0.343 e. The van der Waals surface area contributed by atoms with Crippen LogP contribution >= 0.6 is 0 Å². The third kappa shape index (κ3) is 3.94. The highest BCUT2D eigenvalue weighted by molar-refractivity contribution is 5.70. The maximum atomic E-state index is 11.1. The lowest BCUT2D eigenvalue weighted by Gasteiger charge is -2.05. The first-order valence-electron chi connectivity index (χ1n) is 4.83. The molecule has 0 aliphatic heterocycles. The van der Waals surface area contributed by atoms with E-state index in [1.165, 1.54) is 0 Å². The lowest BCUT2D eigenvalue weighted by Crippen LogP contribution is -2.09. The van der Waals surface area contributed by atoms with Crippen LogP contribution in [-0.2, 0) is 9.63 Å². The van der Waals surface area contributed by atoms with Crippen LogP contribution < -0.4 is 5.48 Å². The van der Waals surface area contributed by atoms with Gasteiger partial charge in [0.1, 0.15) is 0 Å². The van der Waals surface area contributed by atoms with Crippen molar-refractivity contribution in [3.05, 3.63) is 30.3 Å². The van der Waals surface area contributed by atoms with Crippen molar-refractivity contribution in [1.82, 2.24) is 0 Å². The molecule has 0 aliphatic rings. The number of hydrogen-bond donors (Lipinski definition) is 1.